The summed E-state index contributed by atoms with van der Waals surface area (Å²) in [6.07, 6.45) is 0.975. The number of hydrogen-bond acceptors (Lipinski definition) is 1. The summed E-state index contributed by atoms with van der Waals surface area (Å²) < 4.78 is 11.5. The maximum Gasteiger partial charge on any atom is 0.0491 e. The summed E-state index contributed by atoms with van der Waals surface area (Å²) in [7, 11) is -0.646. The number of hydrogen-bond donors (Lipinski definition) is 0. The van der Waals surface area contributed by atoms with Crippen molar-refractivity contribution in [1.29, 1.82) is 0 Å². The maximum absolute atomic E-state index is 11.5. The fourth-order valence-electron chi connectivity index (χ4n) is 1.60. The van der Waals surface area contributed by atoms with Crippen molar-refractivity contribution in [2.75, 3.05) is 0 Å². The zero-order valence-corrected chi connectivity index (χ0v) is 9.93. The molecule has 2 heteroatoms. The molecule has 2 atom stereocenters. The van der Waals surface area contributed by atoms with Crippen molar-refractivity contribution in [2.45, 2.75) is 38.2 Å². The van der Waals surface area contributed by atoms with Gasteiger partial charge in [-0.05, 0) is 17.5 Å². The molecule has 2 unspecified atom stereocenters. The van der Waals surface area contributed by atoms with Crippen molar-refractivity contribution >= 4 is 10.8 Å². The van der Waals surface area contributed by atoms with Crippen LogP contribution in [0.3, 0.4) is 0 Å². The molecule has 78 valence electrons. The van der Waals surface area contributed by atoms with Gasteiger partial charge in [-0.15, -0.1) is 0 Å². The van der Waals surface area contributed by atoms with Crippen molar-refractivity contribution in [3.05, 3.63) is 35.4 Å². The number of fused-ring (bicyclic) bond motifs is 1. The van der Waals surface area contributed by atoms with Crippen LogP contribution in [0.5, 0.6) is 0 Å². The standard InChI is InChI=1S/C10H12OS.C2H6/c1-8-6-9-4-2-3-5-10(9)7-12(8)11;1-2/h2-5,8H,6-7H2,1H3;1-2H3. The van der Waals surface area contributed by atoms with E-state index in [-0.39, 0.29) is 0 Å². The molecule has 0 radical (unpaired) electrons. The van der Waals surface area contributed by atoms with E-state index in [1.807, 2.05) is 19.9 Å². The normalized spacial score (nSPS) is 24.5. The second-order valence-electron chi connectivity index (χ2n) is 3.31. The smallest absolute Gasteiger partial charge is 0.0491 e. The molecule has 14 heavy (non-hydrogen) atoms. The Kier molecular flexibility index (Phi) is 4.33. The minimum Gasteiger partial charge on any atom is -0.259 e. The first-order valence-electron chi connectivity index (χ1n) is 5.21. The lowest BCUT2D eigenvalue weighted by molar-refractivity contribution is 0.667. The second kappa shape index (κ2) is 5.30. The van der Waals surface area contributed by atoms with E-state index in [0.717, 1.165) is 12.2 Å². The van der Waals surface area contributed by atoms with Gasteiger partial charge in [-0.1, -0.05) is 45.0 Å². The first-order chi connectivity index (χ1) is 6.77. The number of rotatable bonds is 0. The molecular formula is C12H18OS. The molecule has 0 aliphatic carbocycles. The predicted octanol–water partition coefficient (Wildman–Crippen LogP) is 2.91. The second-order valence-corrected chi connectivity index (χ2v) is 5.16. The van der Waals surface area contributed by atoms with E-state index in [9.17, 15) is 4.21 Å². The van der Waals surface area contributed by atoms with Gasteiger partial charge in [0, 0.05) is 21.8 Å². The molecular weight excluding hydrogens is 192 g/mol. The van der Waals surface area contributed by atoms with Crippen LogP contribution in [0.4, 0.5) is 0 Å². The van der Waals surface area contributed by atoms with Crippen molar-refractivity contribution in [3.8, 4) is 0 Å². The summed E-state index contributed by atoms with van der Waals surface area (Å²) in [6, 6.07) is 8.30. The highest BCUT2D eigenvalue weighted by Gasteiger charge is 2.20. The van der Waals surface area contributed by atoms with Gasteiger partial charge < -0.3 is 0 Å². The van der Waals surface area contributed by atoms with Crippen LogP contribution in [0, 0.1) is 0 Å². The molecule has 0 N–H and O–H groups in total. The predicted molar refractivity (Wildman–Crippen MR) is 62.8 cm³/mol. The van der Waals surface area contributed by atoms with E-state index >= 15 is 0 Å². The quantitative estimate of drug-likeness (QED) is 0.643. The average molecular weight is 210 g/mol. The fourth-order valence-corrected chi connectivity index (χ4v) is 2.83. The van der Waals surface area contributed by atoms with E-state index in [4.69, 9.17) is 0 Å². The molecule has 0 saturated heterocycles. The molecule has 0 saturated carbocycles. The summed E-state index contributed by atoms with van der Waals surface area (Å²) >= 11 is 0. The van der Waals surface area contributed by atoms with Gasteiger partial charge in [-0.25, -0.2) is 0 Å². The van der Waals surface area contributed by atoms with E-state index in [2.05, 4.69) is 25.1 Å². The summed E-state index contributed by atoms with van der Waals surface area (Å²) in [6.45, 7) is 6.06. The van der Waals surface area contributed by atoms with Crippen molar-refractivity contribution in [2.24, 2.45) is 0 Å². The molecule has 0 spiro atoms. The molecule has 1 nitrogen and oxygen atoms in total. The van der Waals surface area contributed by atoms with Gasteiger partial charge in [0.2, 0.25) is 0 Å². The van der Waals surface area contributed by atoms with E-state index < -0.39 is 10.8 Å². The molecule has 1 aromatic carbocycles. The van der Waals surface area contributed by atoms with Crippen LogP contribution in [0.15, 0.2) is 24.3 Å². The molecule has 0 aromatic heterocycles. The van der Waals surface area contributed by atoms with Crippen LogP contribution < -0.4 is 0 Å². The Morgan fingerprint density at radius 3 is 2.43 bits per heavy atom. The molecule has 1 aliphatic rings. The Morgan fingerprint density at radius 2 is 1.79 bits per heavy atom. The molecule has 0 fully saturated rings. The highest BCUT2D eigenvalue weighted by Crippen LogP contribution is 2.21. The largest absolute Gasteiger partial charge is 0.259 e. The van der Waals surface area contributed by atoms with Crippen molar-refractivity contribution < 1.29 is 4.21 Å². The molecule has 1 heterocycles. The lowest BCUT2D eigenvalue weighted by Gasteiger charge is -2.20. The highest BCUT2D eigenvalue weighted by molar-refractivity contribution is 7.84. The molecule has 2 rings (SSSR count). The minimum atomic E-state index is -0.646. The van der Waals surface area contributed by atoms with E-state index in [1.165, 1.54) is 11.1 Å². The van der Waals surface area contributed by atoms with Gasteiger partial charge in [-0.2, -0.15) is 0 Å². The Balaban J connectivity index is 0.000000461. The average Bonchev–Trinajstić information content (AvgIpc) is 2.23. The summed E-state index contributed by atoms with van der Waals surface area (Å²) in [5.41, 5.74) is 2.65. The topological polar surface area (TPSA) is 17.1 Å². The third kappa shape index (κ3) is 2.44. The molecule has 0 amide bonds. The van der Waals surface area contributed by atoms with Crippen LogP contribution in [0.1, 0.15) is 31.9 Å². The van der Waals surface area contributed by atoms with Gasteiger partial charge in [0.15, 0.2) is 0 Å². The van der Waals surface area contributed by atoms with Crippen LogP contribution in [0.25, 0.3) is 0 Å². The monoisotopic (exact) mass is 210 g/mol. The maximum atomic E-state index is 11.5. The van der Waals surface area contributed by atoms with Crippen LogP contribution >= 0.6 is 0 Å². The minimum absolute atomic E-state index is 0.333. The van der Waals surface area contributed by atoms with E-state index in [1.54, 1.807) is 0 Å². The Morgan fingerprint density at radius 1 is 1.21 bits per heavy atom. The third-order valence-corrected chi connectivity index (χ3v) is 4.03. The van der Waals surface area contributed by atoms with Gasteiger partial charge in [0.05, 0.1) is 0 Å². The zero-order valence-electron chi connectivity index (χ0n) is 9.12. The Labute approximate surface area is 89.0 Å². The first-order valence-corrected chi connectivity index (χ1v) is 6.59. The van der Waals surface area contributed by atoms with Crippen LogP contribution in [0.2, 0.25) is 0 Å². The lowest BCUT2D eigenvalue weighted by Crippen LogP contribution is -2.22. The summed E-state index contributed by atoms with van der Waals surface area (Å²) in [5, 5.41) is 0.333. The van der Waals surface area contributed by atoms with Crippen molar-refractivity contribution in [3.63, 3.8) is 0 Å². The molecule has 0 bridgehead atoms. The van der Waals surface area contributed by atoms with Crippen LogP contribution in [-0.2, 0) is 23.0 Å². The molecule has 1 aliphatic heterocycles. The fraction of sp³-hybridized carbons (Fsp3) is 0.500. The van der Waals surface area contributed by atoms with Gasteiger partial charge in [-0.3, -0.25) is 4.21 Å². The first kappa shape index (κ1) is 11.4. The van der Waals surface area contributed by atoms with Gasteiger partial charge in [0.1, 0.15) is 0 Å². The lowest BCUT2D eigenvalue weighted by atomic mass is 10.0. The highest BCUT2D eigenvalue weighted by atomic mass is 32.2. The third-order valence-electron chi connectivity index (χ3n) is 2.37. The van der Waals surface area contributed by atoms with Gasteiger partial charge >= 0.3 is 0 Å². The van der Waals surface area contributed by atoms with Crippen molar-refractivity contribution in [1.82, 2.24) is 0 Å². The summed E-state index contributed by atoms with van der Waals surface area (Å²) in [5.74, 6) is 0.747. The van der Waals surface area contributed by atoms with Crippen LogP contribution in [-0.4, -0.2) is 9.46 Å². The number of benzene rings is 1. The molecule has 1 aromatic rings. The van der Waals surface area contributed by atoms with E-state index in [0.29, 0.717) is 5.25 Å². The van der Waals surface area contributed by atoms with Gasteiger partial charge in [0.25, 0.3) is 0 Å². The Hall–Kier alpha value is -0.630. The Bertz CT molecular complexity index is 320. The SMILES string of the molecule is CC.CC1Cc2ccccc2CS1=O. The summed E-state index contributed by atoms with van der Waals surface area (Å²) in [4.78, 5) is 0. The zero-order chi connectivity index (χ0) is 10.6.